The molecule has 3 heteroatoms. The van der Waals surface area contributed by atoms with Gasteiger partial charge in [-0.2, -0.15) is 0 Å². The molecule has 0 unspecified atom stereocenters. The summed E-state index contributed by atoms with van der Waals surface area (Å²) in [5, 5.41) is 4.16. The molecule has 2 aromatic heterocycles. The summed E-state index contributed by atoms with van der Waals surface area (Å²) in [6.45, 7) is 0. The summed E-state index contributed by atoms with van der Waals surface area (Å²) < 4.78 is 13.4. The zero-order valence-electron chi connectivity index (χ0n) is 34.8. The van der Waals surface area contributed by atoms with Gasteiger partial charge < -0.3 is 13.7 Å². The lowest BCUT2D eigenvalue weighted by molar-refractivity contribution is 0.664. The van der Waals surface area contributed by atoms with Crippen LogP contribution in [0.15, 0.2) is 245 Å². The Bertz CT molecular complexity index is 3660. The maximum Gasteiger partial charge on any atom is 0.143 e. The van der Waals surface area contributed by atoms with Crippen LogP contribution in [-0.2, 0) is 5.41 Å². The van der Waals surface area contributed by atoms with E-state index in [0.717, 1.165) is 72.1 Å². The van der Waals surface area contributed by atoms with E-state index in [2.05, 4.69) is 235 Å². The van der Waals surface area contributed by atoms with Gasteiger partial charge in [0.2, 0.25) is 0 Å². The standard InChI is InChI=1S/C61H39NO2/c1-5-17-40(18-6-1)41-31-33-45(34-32-41)62(55-30-16-29-54-59(55)49-25-13-14-28-53(49)61(54,43-21-9-3-10-22-43)44-23-11-4-12-24-44)46-35-36-56-50(37-46)52-39-58-51(38-57(52)63-56)48-27-15-26-47(60(48)64-58)42-19-7-2-8-20-42/h1-39H. The van der Waals surface area contributed by atoms with Gasteiger partial charge in [-0.05, 0) is 93.0 Å². The molecule has 0 saturated carbocycles. The molecule has 0 atom stereocenters. The van der Waals surface area contributed by atoms with Crippen molar-refractivity contribution in [2.24, 2.45) is 0 Å². The molecule has 1 aliphatic carbocycles. The van der Waals surface area contributed by atoms with Crippen LogP contribution in [0, 0.1) is 0 Å². The normalized spacial score (nSPS) is 12.8. The Balaban J connectivity index is 1.05. The molecule has 3 nitrogen and oxygen atoms in total. The van der Waals surface area contributed by atoms with Crippen molar-refractivity contribution in [3.05, 3.63) is 259 Å². The highest BCUT2D eigenvalue weighted by molar-refractivity contribution is 6.17. The summed E-state index contributed by atoms with van der Waals surface area (Å²) in [5.74, 6) is 0. The fourth-order valence-corrected chi connectivity index (χ4v) is 10.6. The van der Waals surface area contributed by atoms with E-state index in [-0.39, 0.29) is 0 Å². The molecule has 13 rings (SSSR count). The summed E-state index contributed by atoms with van der Waals surface area (Å²) >= 11 is 0. The molecule has 0 radical (unpaired) electrons. The molecule has 300 valence electrons. The van der Waals surface area contributed by atoms with Gasteiger partial charge >= 0.3 is 0 Å². The Hall–Kier alpha value is -8.40. The quantitative estimate of drug-likeness (QED) is 0.160. The van der Waals surface area contributed by atoms with Crippen LogP contribution in [0.1, 0.15) is 22.3 Å². The van der Waals surface area contributed by atoms with E-state index in [4.69, 9.17) is 8.83 Å². The molecule has 2 heterocycles. The molecule has 0 amide bonds. The van der Waals surface area contributed by atoms with E-state index >= 15 is 0 Å². The summed E-state index contributed by atoms with van der Waals surface area (Å²) in [5.41, 5.74) is 18.0. The van der Waals surface area contributed by atoms with E-state index in [1.54, 1.807) is 0 Å². The van der Waals surface area contributed by atoms with Crippen molar-refractivity contribution in [2.45, 2.75) is 5.41 Å². The average molecular weight is 818 g/mol. The molecule has 1 aliphatic rings. The number of hydrogen-bond donors (Lipinski definition) is 0. The van der Waals surface area contributed by atoms with E-state index in [1.165, 1.54) is 44.5 Å². The van der Waals surface area contributed by atoms with E-state index in [1.807, 2.05) is 6.07 Å². The zero-order chi connectivity index (χ0) is 42.2. The lowest BCUT2D eigenvalue weighted by atomic mass is 9.68. The Labute approximate surface area is 370 Å². The zero-order valence-corrected chi connectivity index (χ0v) is 34.8. The first-order chi connectivity index (χ1) is 31.7. The Morgan fingerprint density at radius 1 is 0.328 bits per heavy atom. The fraction of sp³-hybridized carbons (Fsp3) is 0.0164. The van der Waals surface area contributed by atoms with Gasteiger partial charge in [-0.15, -0.1) is 0 Å². The molecule has 0 fully saturated rings. The lowest BCUT2D eigenvalue weighted by Gasteiger charge is -2.34. The van der Waals surface area contributed by atoms with Gasteiger partial charge in [-0.1, -0.05) is 188 Å². The van der Waals surface area contributed by atoms with Crippen molar-refractivity contribution in [2.75, 3.05) is 4.90 Å². The maximum atomic E-state index is 6.75. The predicted molar refractivity (Wildman–Crippen MR) is 264 cm³/mol. The second-order valence-corrected chi connectivity index (χ2v) is 16.8. The summed E-state index contributed by atoms with van der Waals surface area (Å²) in [7, 11) is 0. The number of furan rings is 2. The highest BCUT2D eigenvalue weighted by Crippen LogP contribution is 2.59. The molecule has 0 N–H and O–H groups in total. The molecule has 10 aromatic carbocycles. The van der Waals surface area contributed by atoms with Crippen molar-refractivity contribution >= 4 is 60.9 Å². The van der Waals surface area contributed by atoms with E-state index in [9.17, 15) is 0 Å². The number of anilines is 3. The van der Waals surface area contributed by atoms with Gasteiger partial charge in [-0.25, -0.2) is 0 Å². The third kappa shape index (κ3) is 5.41. The van der Waals surface area contributed by atoms with Crippen molar-refractivity contribution in [3.63, 3.8) is 0 Å². The average Bonchev–Trinajstić information content (AvgIpc) is 4.02. The summed E-state index contributed by atoms with van der Waals surface area (Å²) in [4.78, 5) is 2.43. The number of nitrogens with zero attached hydrogens (tertiary/aromatic N) is 1. The minimum atomic E-state index is -0.531. The Morgan fingerprint density at radius 3 is 1.58 bits per heavy atom. The SMILES string of the molecule is c1ccc(-c2ccc(N(c3ccc4oc5cc6c(cc5c4c3)oc3c(-c4ccccc4)cccc36)c3cccc4c3-c3ccccc3C4(c3ccccc3)c3ccccc3)cc2)cc1. The van der Waals surface area contributed by atoms with Gasteiger partial charge in [0.15, 0.2) is 0 Å². The maximum absolute atomic E-state index is 6.75. The van der Waals surface area contributed by atoms with Crippen molar-refractivity contribution < 1.29 is 8.83 Å². The van der Waals surface area contributed by atoms with Crippen LogP contribution in [0.25, 0.3) is 77.3 Å². The van der Waals surface area contributed by atoms with Gasteiger partial charge in [0, 0.05) is 44.0 Å². The Morgan fingerprint density at radius 2 is 0.859 bits per heavy atom. The third-order valence-corrected chi connectivity index (χ3v) is 13.3. The molecule has 0 bridgehead atoms. The van der Waals surface area contributed by atoms with Crippen molar-refractivity contribution in [1.29, 1.82) is 0 Å². The first-order valence-electron chi connectivity index (χ1n) is 21.9. The minimum Gasteiger partial charge on any atom is -0.456 e. The first kappa shape index (κ1) is 36.3. The Kier molecular flexibility index (Phi) is 8.13. The lowest BCUT2D eigenvalue weighted by Crippen LogP contribution is -2.28. The van der Waals surface area contributed by atoms with E-state index < -0.39 is 5.41 Å². The number of para-hydroxylation sites is 1. The molecule has 64 heavy (non-hydrogen) atoms. The van der Waals surface area contributed by atoms with Gasteiger partial charge in [0.05, 0.1) is 11.1 Å². The first-order valence-corrected chi connectivity index (χ1v) is 21.9. The summed E-state index contributed by atoms with van der Waals surface area (Å²) in [6, 6.07) is 85.2. The smallest absolute Gasteiger partial charge is 0.143 e. The van der Waals surface area contributed by atoms with Crippen LogP contribution >= 0.6 is 0 Å². The van der Waals surface area contributed by atoms with Crippen LogP contribution in [0.4, 0.5) is 17.1 Å². The predicted octanol–water partition coefficient (Wildman–Crippen LogP) is 16.7. The molecule has 0 saturated heterocycles. The van der Waals surface area contributed by atoms with Crippen LogP contribution in [0.5, 0.6) is 0 Å². The number of benzene rings is 10. The highest BCUT2D eigenvalue weighted by atomic mass is 16.3. The second kappa shape index (κ2) is 14.3. The van der Waals surface area contributed by atoms with E-state index in [0.29, 0.717) is 0 Å². The monoisotopic (exact) mass is 817 g/mol. The molecule has 0 spiro atoms. The number of rotatable bonds is 7. The number of hydrogen-bond acceptors (Lipinski definition) is 3. The van der Waals surface area contributed by atoms with Gasteiger partial charge in [-0.3, -0.25) is 0 Å². The molecule has 12 aromatic rings. The largest absolute Gasteiger partial charge is 0.456 e. The topological polar surface area (TPSA) is 29.5 Å². The van der Waals surface area contributed by atoms with Crippen LogP contribution in [0.2, 0.25) is 0 Å². The molecular weight excluding hydrogens is 779 g/mol. The highest BCUT2D eigenvalue weighted by Gasteiger charge is 2.47. The third-order valence-electron chi connectivity index (χ3n) is 13.3. The second-order valence-electron chi connectivity index (χ2n) is 16.8. The molecule has 0 aliphatic heterocycles. The van der Waals surface area contributed by atoms with Crippen LogP contribution < -0.4 is 4.90 Å². The van der Waals surface area contributed by atoms with Gasteiger partial charge in [0.25, 0.3) is 0 Å². The summed E-state index contributed by atoms with van der Waals surface area (Å²) in [6.07, 6.45) is 0. The van der Waals surface area contributed by atoms with Crippen molar-refractivity contribution in [1.82, 2.24) is 0 Å². The molecular formula is C61H39NO2. The minimum absolute atomic E-state index is 0.531. The van der Waals surface area contributed by atoms with Gasteiger partial charge in [0.1, 0.15) is 22.3 Å². The van der Waals surface area contributed by atoms with Crippen LogP contribution in [0.3, 0.4) is 0 Å². The number of fused-ring (bicyclic) bond motifs is 9. The van der Waals surface area contributed by atoms with Crippen molar-refractivity contribution in [3.8, 4) is 33.4 Å². The fourth-order valence-electron chi connectivity index (χ4n) is 10.6. The van der Waals surface area contributed by atoms with Crippen LogP contribution in [-0.4, -0.2) is 0 Å².